The molecule has 1 unspecified atom stereocenters. The zero-order chi connectivity index (χ0) is 13.8. The van der Waals surface area contributed by atoms with Crippen molar-refractivity contribution in [1.29, 1.82) is 0 Å². The van der Waals surface area contributed by atoms with E-state index >= 15 is 0 Å². The number of nitrogens with one attached hydrogen (secondary N) is 1. The van der Waals surface area contributed by atoms with Gasteiger partial charge in [0.2, 0.25) is 0 Å². The van der Waals surface area contributed by atoms with E-state index in [0.29, 0.717) is 23.1 Å². The Morgan fingerprint density at radius 3 is 2.63 bits per heavy atom. The van der Waals surface area contributed by atoms with E-state index in [-0.39, 0.29) is 6.10 Å². The van der Waals surface area contributed by atoms with Crippen molar-refractivity contribution < 1.29 is 14.2 Å². The van der Waals surface area contributed by atoms with Crippen LogP contribution in [0.3, 0.4) is 0 Å². The minimum Gasteiger partial charge on any atom is -0.495 e. The average Bonchev–Trinajstić information content (AvgIpc) is 2.47. The van der Waals surface area contributed by atoms with E-state index in [1.54, 1.807) is 14.2 Å². The van der Waals surface area contributed by atoms with Crippen LogP contribution in [0.4, 0.5) is 0 Å². The normalized spacial score (nSPS) is 19.3. The summed E-state index contributed by atoms with van der Waals surface area (Å²) in [7, 11) is 3.24. The number of methoxy groups -OCH3 is 2. The van der Waals surface area contributed by atoms with Gasteiger partial charge in [-0.15, -0.1) is 0 Å². The SMILES string of the molecule is CCc1cc(C2CNCCO2)c(OC)c(Cl)c1OC. The van der Waals surface area contributed by atoms with Gasteiger partial charge in [0.1, 0.15) is 16.5 Å². The van der Waals surface area contributed by atoms with Crippen molar-refractivity contribution in [2.45, 2.75) is 19.4 Å². The molecule has 1 aliphatic rings. The number of morpholine rings is 1. The minimum atomic E-state index is -0.0302. The molecule has 0 spiro atoms. The van der Waals surface area contributed by atoms with Crippen molar-refractivity contribution in [2.24, 2.45) is 0 Å². The molecule has 0 saturated carbocycles. The molecule has 0 bridgehead atoms. The highest BCUT2D eigenvalue weighted by atomic mass is 35.5. The average molecular weight is 286 g/mol. The molecule has 1 aromatic carbocycles. The van der Waals surface area contributed by atoms with Gasteiger partial charge in [0.15, 0.2) is 0 Å². The van der Waals surface area contributed by atoms with Gasteiger partial charge in [-0.1, -0.05) is 18.5 Å². The molecule has 1 saturated heterocycles. The first-order valence-electron chi connectivity index (χ1n) is 6.48. The van der Waals surface area contributed by atoms with Gasteiger partial charge in [0, 0.05) is 18.7 Å². The van der Waals surface area contributed by atoms with Crippen molar-refractivity contribution in [3.05, 3.63) is 22.2 Å². The van der Waals surface area contributed by atoms with Crippen molar-refractivity contribution in [3.8, 4) is 11.5 Å². The lowest BCUT2D eigenvalue weighted by Gasteiger charge is -2.27. The molecule has 19 heavy (non-hydrogen) atoms. The topological polar surface area (TPSA) is 39.7 Å². The standard InChI is InChI=1S/C14H20ClNO3/c1-4-9-7-10(11-8-16-5-6-19-11)14(18-3)12(15)13(9)17-2/h7,11,16H,4-6,8H2,1-3H3. The van der Waals surface area contributed by atoms with Gasteiger partial charge in [-0.2, -0.15) is 0 Å². The second-order valence-corrected chi connectivity index (χ2v) is 4.80. The van der Waals surface area contributed by atoms with Crippen molar-refractivity contribution in [1.82, 2.24) is 5.32 Å². The Morgan fingerprint density at radius 2 is 2.11 bits per heavy atom. The molecular formula is C14H20ClNO3. The Morgan fingerprint density at radius 1 is 1.37 bits per heavy atom. The number of hydrogen-bond donors (Lipinski definition) is 1. The maximum absolute atomic E-state index is 6.39. The first-order chi connectivity index (χ1) is 9.22. The second kappa shape index (κ2) is 6.46. The molecule has 1 aromatic rings. The molecule has 1 atom stereocenters. The lowest BCUT2D eigenvalue weighted by atomic mass is 10.0. The molecule has 1 fully saturated rings. The molecule has 0 aliphatic carbocycles. The van der Waals surface area contributed by atoms with E-state index in [1.165, 1.54) is 0 Å². The summed E-state index contributed by atoms with van der Waals surface area (Å²) in [6.45, 7) is 4.41. The van der Waals surface area contributed by atoms with Crippen LogP contribution in [-0.4, -0.2) is 33.9 Å². The van der Waals surface area contributed by atoms with E-state index < -0.39 is 0 Å². The zero-order valence-corrected chi connectivity index (χ0v) is 12.3. The van der Waals surface area contributed by atoms with Gasteiger partial charge in [-0.3, -0.25) is 0 Å². The molecule has 1 aliphatic heterocycles. The van der Waals surface area contributed by atoms with Gasteiger partial charge in [-0.05, 0) is 18.1 Å². The van der Waals surface area contributed by atoms with E-state index in [0.717, 1.165) is 30.6 Å². The molecule has 2 rings (SSSR count). The van der Waals surface area contributed by atoms with E-state index in [9.17, 15) is 0 Å². The zero-order valence-electron chi connectivity index (χ0n) is 11.6. The summed E-state index contributed by atoms with van der Waals surface area (Å²) < 4.78 is 16.6. The molecular weight excluding hydrogens is 266 g/mol. The third kappa shape index (κ3) is 2.81. The fourth-order valence-corrected chi connectivity index (χ4v) is 2.77. The molecule has 1 heterocycles. The summed E-state index contributed by atoms with van der Waals surface area (Å²) in [6.07, 6.45) is 0.817. The molecule has 4 nitrogen and oxygen atoms in total. The first kappa shape index (κ1) is 14.4. The fourth-order valence-electron chi connectivity index (χ4n) is 2.38. The van der Waals surface area contributed by atoms with Crippen LogP contribution in [0.5, 0.6) is 11.5 Å². The Labute approximate surface area is 119 Å². The Kier molecular flexibility index (Phi) is 4.91. The highest BCUT2D eigenvalue weighted by Crippen LogP contribution is 2.43. The van der Waals surface area contributed by atoms with Crippen LogP contribution in [0.25, 0.3) is 0 Å². The van der Waals surface area contributed by atoms with Gasteiger partial charge in [0.05, 0.1) is 26.9 Å². The number of rotatable bonds is 4. The highest BCUT2D eigenvalue weighted by Gasteiger charge is 2.25. The number of benzene rings is 1. The van der Waals surface area contributed by atoms with Crippen LogP contribution in [0.1, 0.15) is 24.2 Å². The smallest absolute Gasteiger partial charge is 0.147 e. The quantitative estimate of drug-likeness (QED) is 0.923. The molecule has 0 amide bonds. The van der Waals surface area contributed by atoms with Gasteiger partial charge >= 0.3 is 0 Å². The van der Waals surface area contributed by atoms with Crippen LogP contribution in [0.15, 0.2) is 6.07 Å². The maximum atomic E-state index is 6.39. The Bertz CT molecular complexity index is 445. The number of hydrogen-bond acceptors (Lipinski definition) is 4. The van der Waals surface area contributed by atoms with E-state index in [1.807, 2.05) is 0 Å². The predicted molar refractivity (Wildman–Crippen MR) is 75.5 cm³/mol. The number of ether oxygens (including phenoxy) is 3. The van der Waals surface area contributed by atoms with Crippen molar-refractivity contribution in [2.75, 3.05) is 33.9 Å². The molecule has 0 radical (unpaired) electrons. The van der Waals surface area contributed by atoms with Crippen molar-refractivity contribution >= 4 is 11.6 Å². The lowest BCUT2D eigenvalue weighted by Crippen LogP contribution is -2.33. The summed E-state index contributed by atoms with van der Waals surface area (Å²) in [5.74, 6) is 1.33. The lowest BCUT2D eigenvalue weighted by molar-refractivity contribution is 0.0262. The Balaban J connectivity index is 2.49. The van der Waals surface area contributed by atoms with Crippen molar-refractivity contribution in [3.63, 3.8) is 0 Å². The molecule has 0 aromatic heterocycles. The summed E-state index contributed by atoms with van der Waals surface area (Å²) in [6, 6.07) is 2.07. The molecule has 106 valence electrons. The highest BCUT2D eigenvalue weighted by molar-refractivity contribution is 6.33. The summed E-state index contributed by atoms with van der Waals surface area (Å²) >= 11 is 6.39. The molecule has 1 N–H and O–H groups in total. The second-order valence-electron chi connectivity index (χ2n) is 4.42. The fraction of sp³-hybridized carbons (Fsp3) is 0.571. The summed E-state index contributed by atoms with van der Waals surface area (Å²) in [5, 5.41) is 3.84. The van der Waals surface area contributed by atoms with Crippen LogP contribution in [-0.2, 0) is 11.2 Å². The maximum Gasteiger partial charge on any atom is 0.147 e. The van der Waals surface area contributed by atoms with Crippen LogP contribution >= 0.6 is 11.6 Å². The van der Waals surface area contributed by atoms with Crippen LogP contribution in [0.2, 0.25) is 5.02 Å². The largest absolute Gasteiger partial charge is 0.495 e. The molecule has 5 heteroatoms. The third-order valence-electron chi connectivity index (χ3n) is 3.35. The van der Waals surface area contributed by atoms with E-state index in [2.05, 4.69) is 18.3 Å². The predicted octanol–water partition coefficient (Wildman–Crippen LogP) is 2.58. The van der Waals surface area contributed by atoms with Gasteiger partial charge in [0.25, 0.3) is 0 Å². The van der Waals surface area contributed by atoms with Crippen LogP contribution < -0.4 is 14.8 Å². The third-order valence-corrected chi connectivity index (χ3v) is 3.69. The minimum absolute atomic E-state index is 0.0302. The van der Waals surface area contributed by atoms with E-state index in [4.69, 9.17) is 25.8 Å². The first-order valence-corrected chi connectivity index (χ1v) is 6.86. The van der Waals surface area contributed by atoms with Gasteiger partial charge < -0.3 is 19.5 Å². The summed E-state index contributed by atoms with van der Waals surface area (Å²) in [4.78, 5) is 0. The van der Waals surface area contributed by atoms with Crippen LogP contribution in [0, 0.1) is 0 Å². The Hall–Kier alpha value is -0.970. The summed E-state index contributed by atoms with van der Waals surface area (Å²) in [5.41, 5.74) is 2.05. The van der Waals surface area contributed by atoms with Gasteiger partial charge in [-0.25, -0.2) is 0 Å². The monoisotopic (exact) mass is 285 g/mol. The number of aryl methyl sites for hydroxylation is 1. The number of halogens is 1.